The molecule has 0 saturated heterocycles. The summed E-state index contributed by atoms with van der Waals surface area (Å²) in [6.45, 7) is 4.16. The fraction of sp³-hybridized carbons (Fsp3) is 0.357. The highest BCUT2D eigenvalue weighted by Gasteiger charge is 2.14. The van der Waals surface area contributed by atoms with Gasteiger partial charge in [-0.2, -0.15) is 0 Å². The predicted molar refractivity (Wildman–Crippen MR) is 76.9 cm³/mol. The first-order valence-corrected chi connectivity index (χ1v) is 6.52. The summed E-state index contributed by atoms with van der Waals surface area (Å²) in [4.78, 5) is 37.2. The number of fused-ring (bicyclic) bond motifs is 1. The van der Waals surface area contributed by atoms with Gasteiger partial charge in [-0.15, -0.1) is 0 Å². The van der Waals surface area contributed by atoms with Gasteiger partial charge in [-0.25, -0.2) is 4.79 Å². The van der Waals surface area contributed by atoms with Gasteiger partial charge in [0.25, 0.3) is 0 Å². The molecule has 0 fully saturated rings. The van der Waals surface area contributed by atoms with Crippen LogP contribution in [0.1, 0.15) is 24.2 Å². The van der Waals surface area contributed by atoms with Crippen LogP contribution in [0.15, 0.2) is 27.8 Å². The second-order valence-electron chi connectivity index (χ2n) is 4.84. The standard InChI is InChI=1S/C14H16N2O5/c1-8(2)21-7-6-16-10-5-3-4-9(14(19)20)11(10)15-12(17)13(16)18/h3-5,8H,6-7H2,1-2H3,(H,15,17)(H,19,20). The average molecular weight is 292 g/mol. The van der Waals surface area contributed by atoms with E-state index in [0.717, 1.165) is 0 Å². The topological polar surface area (TPSA) is 101 Å². The van der Waals surface area contributed by atoms with Gasteiger partial charge in [0.05, 0.1) is 29.3 Å². The fourth-order valence-electron chi connectivity index (χ4n) is 2.08. The molecule has 7 nitrogen and oxygen atoms in total. The van der Waals surface area contributed by atoms with Crippen LogP contribution in [0, 0.1) is 0 Å². The maximum atomic E-state index is 12.0. The van der Waals surface area contributed by atoms with Crippen LogP contribution in [0.3, 0.4) is 0 Å². The van der Waals surface area contributed by atoms with Gasteiger partial charge in [-0.1, -0.05) is 6.07 Å². The molecule has 0 aliphatic heterocycles. The smallest absolute Gasteiger partial charge is 0.337 e. The minimum atomic E-state index is -1.17. The first-order chi connectivity index (χ1) is 9.91. The van der Waals surface area contributed by atoms with E-state index >= 15 is 0 Å². The number of rotatable bonds is 5. The zero-order valence-corrected chi connectivity index (χ0v) is 11.8. The molecular weight excluding hydrogens is 276 g/mol. The SMILES string of the molecule is CC(C)OCCn1c(=O)c(=O)[nH]c2c(C(=O)O)cccc21. The number of aromatic nitrogens is 2. The molecule has 1 aromatic heterocycles. The number of carboxylic acid groups (broad SMARTS) is 1. The number of benzene rings is 1. The third kappa shape index (κ3) is 3.03. The van der Waals surface area contributed by atoms with Crippen LogP contribution in [0.5, 0.6) is 0 Å². The number of hydrogen-bond acceptors (Lipinski definition) is 4. The van der Waals surface area contributed by atoms with Gasteiger partial charge in [-0.3, -0.25) is 14.2 Å². The lowest BCUT2D eigenvalue weighted by molar-refractivity contribution is 0.0698. The van der Waals surface area contributed by atoms with E-state index in [-0.39, 0.29) is 30.3 Å². The second kappa shape index (κ2) is 5.92. The molecule has 21 heavy (non-hydrogen) atoms. The van der Waals surface area contributed by atoms with Gasteiger partial charge >= 0.3 is 17.1 Å². The number of aromatic amines is 1. The third-order valence-electron chi connectivity index (χ3n) is 3.01. The van der Waals surface area contributed by atoms with Crippen LogP contribution in [0.4, 0.5) is 0 Å². The number of aromatic carboxylic acids is 1. The summed E-state index contributed by atoms with van der Waals surface area (Å²) in [5, 5.41) is 9.15. The fourth-order valence-corrected chi connectivity index (χ4v) is 2.08. The zero-order chi connectivity index (χ0) is 15.6. The highest BCUT2D eigenvalue weighted by atomic mass is 16.5. The number of hydrogen-bond donors (Lipinski definition) is 2. The first kappa shape index (κ1) is 15.0. The number of carbonyl (C=O) groups is 1. The Balaban J connectivity index is 2.60. The summed E-state index contributed by atoms with van der Waals surface area (Å²) >= 11 is 0. The maximum absolute atomic E-state index is 12.0. The molecule has 2 rings (SSSR count). The molecule has 0 bridgehead atoms. The molecule has 2 N–H and O–H groups in total. The molecule has 0 atom stereocenters. The molecule has 0 aliphatic rings. The Kier molecular flexibility index (Phi) is 4.23. The van der Waals surface area contributed by atoms with Gasteiger partial charge in [0.1, 0.15) is 0 Å². The summed E-state index contributed by atoms with van der Waals surface area (Å²) in [5.74, 6) is -1.17. The highest BCUT2D eigenvalue weighted by molar-refractivity contribution is 6.00. The van der Waals surface area contributed by atoms with Crippen molar-refractivity contribution in [3.8, 4) is 0 Å². The molecule has 0 spiro atoms. The summed E-state index contributed by atoms with van der Waals surface area (Å²) in [6.07, 6.45) is 0.00328. The Bertz CT molecular complexity index is 788. The molecule has 112 valence electrons. The largest absolute Gasteiger partial charge is 0.478 e. The average Bonchev–Trinajstić information content (AvgIpc) is 2.42. The number of H-pyrrole nitrogens is 1. The van der Waals surface area contributed by atoms with Crippen molar-refractivity contribution in [1.29, 1.82) is 0 Å². The molecule has 0 unspecified atom stereocenters. The first-order valence-electron chi connectivity index (χ1n) is 6.52. The molecule has 0 saturated carbocycles. The number of nitrogens with zero attached hydrogens (tertiary/aromatic N) is 1. The molecular formula is C14H16N2O5. The molecule has 0 radical (unpaired) electrons. The molecule has 1 aromatic carbocycles. The van der Waals surface area contributed by atoms with Crippen molar-refractivity contribution in [1.82, 2.24) is 9.55 Å². The number of para-hydroxylation sites is 1. The third-order valence-corrected chi connectivity index (χ3v) is 3.01. The van der Waals surface area contributed by atoms with Crippen LogP contribution in [-0.2, 0) is 11.3 Å². The van der Waals surface area contributed by atoms with E-state index in [4.69, 9.17) is 9.84 Å². The van der Waals surface area contributed by atoms with E-state index < -0.39 is 17.1 Å². The van der Waals surface area contributed by atoms with Crippen molar-refractivity contribution < 1.29 is 14.6 Å². The van der Waals surface area contributed by atoms with Gasteiger partial charge < -0.3 is 14.8 Å². The minimum absolute atomic E-state index is 0.00328. The Morgan fingerprint density at radius 2 is 2.10 bits per heavy atom. The Labute approximate surface area is 119 Å². The van der Waals surface area contributed by atoms with E-state index in [1.165, 1.54) is 16.7 Å². The van der Waals surface area contributed by atoms with Crippen LogP contribution in [-0.4, -0.2) is 33.3 Å². The summed E-state index contributed by atoms with van der Waals surface area (Å²) in [5.41, 5.74) is -1.12. The van der Waals surface area contributed by atoms with Crippen molar-refractivity contribution in [3.05, 3.63) is 44.5 Å². The lowest BCUT2D eigenvalue weighted by Gasteiger charge is -2.12. The Hall–Kier alpha value is -2.41. The van der Waals surface area contributed by atoms with Crippen molar-refractivity contribution in [2.45, 2.75) is 26.5 Å². The van der Waals surface area contributed by atoms with Crippen LogP contribution in [0.25, 0.3) is 11.0 Å². The van der Waals surface area contributed by atoms with Crippen LogP contribution < -0.4 is 11.1 Å². The summed E-state index contributed by atoms with van der Waals surface area (Å²) in [7, 11) is 0. The van der Waals surface area contributed by atoms with Gasteiger partial charge in [0.2, 0.25) is 0 Å². The van der Waals surface area contributed by atoms with E-state index in [1.807, 2.05) is 13.8 Å². The zero-order valence-electron chi connectivity index (χ0n) is 11.8. The van der Waals surface area contributed by atoms with E-state index in [0.29, 0.717) is 5.52 Å². The molecule has 1 heterocycles. The van der Waals surface area contributed by atoms with Crippen molar-refractivity contribution >= 4 is 17.0 Å². The maximum Gasteiger partial charge on any atom is 0.337 e. The Morgan fingerprint density at radius 3 is 2.71 bits per heavy atom. The van der Waals surface area contributed by atoms with Gasteiger partial charge in [0, 0.05) is 6.54 Å². The molecule has 2 aromatic rings. The summed E-state index contributed by atoms with van der Waals surface area (Å²) in [6, 6.07) is 4.50. The molecule has 7 heteroatoms. The van der Waals surface area contributed by atoms with Crippen LogP contribution >= 0.6 is 0 Å². The number of nitrogens with one attached hydrogen (secondary N) is 1. The van der Waals surface area contributed by atoms with Crippen molar-refractivity contribution in [2.75, 3.05) is 6.61 Å². The lowest BCUT2D eigenvalue weighted by atomic mass is 10.1. The second-order valence-corrected chi connectivity index (χ2v) is 4.84. The van der Waals surface area contributed by atoms with Crippen LogP contribution in [0.2, 0.25) is 0 Å². The van der Waals surface area contributed by atoms with Crippen molar-refractivity contribution in [3.63, 3.8) is 0 Å². The number of carboxylic acids is 1. The summed E-state index contributed by atoms with van der Waals surface area (Å²) < 4.78 is 6.62. The molecule has 0 amide bonds. The number of ether oxygens (including phenoxy) is 1. The lowest BCUT2D eigenvalue weighted by Crippen LogP contribution is -2.37. The predicted octanol–water partition coefficient (Wildman–Crippen LogP) is 0.813. The van der Waals surface area contributed by atoms with Crippen molar-refractivity contribution in [2.24, 2.45) is 0 Å². The Morgan fingerprint density at radius 1 is 1.38 bits per heavy atom. The van der Waals surface area contributed by atoms with Gasteiger partial charge in [0.15, 0.2) is 0 Å². The highest BCUT2D eigenvalue weighted by Crippen LogP contribution is 2.14. The van der Waals surface area contributed by atoms with E-state index in [9.17, 15) is 14.4 Å². The normalized spacial score (nSPS) is 11.2. The van der Waals surface area contributed by atoms with E-state index in [1.54, 1.807) is 6.07 Å². The van der Waals surface area contributed by atoms with Gasteiger partial charge in [-0.05, 0) is 26.0 Å². The van der Waals surface area contributed by atoms with E-state index in [2.05, 4.69) is 4.98 Å². The minimum Gasteiger partial charge on any atom is -0.478 e. The monoisotopic (exact) mass is 292 g/mol. The quantitative estimate of drug-likeness (QED) is 0.794. The molecule has 0 aliphatic carbocycles.